The Morgan fingerprint density at radius 3 is 2.40 bits per heavy atom. The normalized spacial score (nSPS) is 25.6. The lowest BCUT2D eigenvalue weighted by molar-refractivity contribution is 0.0781. The van der Waals surface area contributed by atoms with Gasteiger partial charge in [0.1, 0.15) is 5.56 Å². The maximum absolute atomic E-state index is 12.7. The summed E-state index contributed by atoms with van der Waals surface area (Å²) in [5.74, 6) is 1.15. The predicted molar refractivity (Wildman–Crippen MR) is 75.7 cm³/mol. The van der Waals surface area contributed by atoms with E-state index in [1.54, 1.807) is 6.92 Å². The molecule has 1 aromatic heterocycles. The van der Waals surface area contributed by atoms with Gasteiger partial charge >= 0.3 is 0 Å². The average molecular weight is 275 g/mol. The molecular weight excluding hydrogens is 254 g/mol. The summed E-state index contributed by atoms with van der Waals surface area (Å²) in [4.78, 5) is 26.5. The second-order valence-corrected chi connectivity index (χ2v) is 6.15. The number of H-pyrrole nitrogens is 1. The van der Waals surface area contributed by atoms with Crippen molar-refractivity contribution in [2.75, 3.05) is 13.1 Å². The first-order valence-electron chi connectivity index (χ1n) is 7.43. The molecule has 0 aromatic carbocycles. The molecule has 1 N–H and O–H groups in total. The Morgan fingerprint density at radius 2 is 1.80 bits per heavy atom. The zero-order valence-electron chi connectivity index (χ0n) is 12.1. The van der Waals surface area contributed by atoms with Gasteiger partial charge in [0.25, 0.3) is 11.5 Å². The largest absolute Gasteiger partial charge is 0.338 e. The van der Waals surface area contributed by atoms with Crippen molar-refractivity contribution in [1.29, 1.82) is 0 Å². The van der Waals surface area contributed by atoms with Crippen molar-refractivity contribution < 1.29 is 4.79 Å². The number of hydrogen-bond acceptors (Lipinski definition) is 3. The highest BCUT2D eigenvalue weighted by molar-refractivity contribution is 5.95. The van der Waals surface area contributed by atoms with Gasteiger partial charge in [0, 0.05) is 13.1 Å². The maximum Gasteiger partial charge on any atom is 0.277 e. The van der Waals surface area contributed by atoms with Gasteiger partial charge in [0.05, 0.1) is 5.69 Å². The Bertz CT molecular complexity index is 579. The van der Waals surface area contributed by atoms with E-state index in [9.17, 15) is 9.59 Å². The van der Waals surface area contributed by atoms with Crippen LogP contribution in [0.1, 0.15) is 47.3 Å². The number of rotatable bonds is 1. The van der Waals surface area contributed by atoms with Crippen LogP contribution in [-0.4, -0.2) is 34.1 Å². The third-order valence-corrected chi connectivity index (χ3v) is 4.95. The molecule has 1 saturated heterocycles. The Hall–Kier alpha value is -1.65. The van der Waals surface area contributed by atoms with E-state index in [1.165, 1.54) is 25.7 Å². The summed E-state index contributed by atoms with van der Waals surface area (Å²) in [5, 5.41) is 6.33. The highest BCUT2D eigenvalue weighted by Gasteiger charge is 2.37. The lowest BCUT2D eigenvalue weighted by atomic mass is 9.82. The summed E-state index contributed by atoms with van der Waals surface area (Å²) in [7, 11) is 0. The maximum atomic E-state index is 12.7. The standard InChI is InChI=1S/C15H21N3O2/c1-9-10(2)16-17-14(19)13(9)15(20)18-7-11-5-3-4-6-12(11)8-18/h11-12H,3-8H2,1-2H3,(H,17,19)/t11-,12-/m0/s1. The van der Waals surface area contributed by atoms with E-state index in [4.69, 9.17) is 0 Å². The minimum Gasteiger partial charge on any atom is -0.338 e. The van der Waals surface area contributed by atoms with Crippen LogP contribution < -0.4 is 5.56 Å². The van der Waals surface area contributed by atoms with Crippen LogP contribution in [0, 0.1) is 25.7 Å². The first kappa shape index (κ1) is 13.3. The average Bonchev–Trinajstić information content (AvgIpc) is 2.87. The molecule has 5 heteroatoms. The minimum atomic E-state index is -0.368. The molecule has 20 heavy (non-hydrogen) atoms. The molecule has 1 amide bonds. The highest BCUT2D eigenvalue weighted by Crippen LogP contribution is 2.36. The number of aromatic nitrogens is 2. The summed E-state index contributed by atoms with van der Waals surface area (Å²) < 4.78 is 0. The molecule has 2 atom stereocenters. The zero-order chi connectivity index (χ0) is 14.3. The van der Waals surface area contributed by atoms with E-state index >= 15 is 0 Å². The molecule has 1 aromatic rings. The third-order valence-electron chi connectivity index (χ3n) is 4.95. The Labute approximate surface area is 118 Å². The quantitative estimate of drug-likeness (QED) is 0.847. The number of carbonyl (C=O) groups excluding carboxylic acids is 1. The molecule has 0 unspecified atom stereocenters. The molecule has 2 fully saturated rings. The van der Waals surface area contributed by atoms with Gasteiger partial charge in [0.15, 0.2) is 0 Å². The van der Waals surface area contributed by atoms with Crippen LogP contribution in [-0.2, 0) is 0 Å². The van der Waals surface area contributed by atoms with Gasteiger partial charge in [0.2, 0.25) is 0 Å². The van der Waals surface area contributed by atoms with Gasteiger partial charge in [-0.15, -0.1) is 0 Å². The third kappa shape index (κ3) is 2.15. The van der Waals surface area contributed by atoms with Gasteiger partial charge in [-0.05, 0) is 44.1 Å². The fraction of sp³-hybridized carbons (Fsp3) is 0.667. The molecule has 1 saturated carbocycles. The predicted octanol–water partition coefficient (Wildman–Crippen LogP) is 1.65. The van der Waals surface area contributed by atoms with Crippen molar-refractivity contribution in [2.24, 2.45) is 11.8 Å². The first-order valence-corrected chi connectivity index (χ1v) is 7.43. The van der Waals surface area contributed by atoms with Crippen molar-refractivity contribution in [1.82, 2.24) is 15.1 Å². The van der Waals surface area contributed by atoms with Crippen LogP contribution in [0.3, 0.4) is 0 Å². The van der Waals surface area contributed by atoms with Crippen LogP contribution in [0.15, 0.2) is 4.79 Å². The fourth-order valence-electron chi connectivity index (χ4n) is 3.61. The molecule has 5 nitrogen and oxygen atoms in total. The van der Waals surface area contributed by atoms with Gasteiger partial charge in [-0.2, -0.15) is 5.10 Å². The van der Waals surface area contributed by atoms with Crippen molar-refractivity contribution in [3.05, 3.63) is 27.2 Å². The number of carbonyl (C=O) groups is 1. The Kier molecular flexibility index (Phi) is 3.36. The van der Waals surface area contributed by atoms with Gasteiger partial charge in [-0.1, -0.05) is 12.8 Å². The zero-order valence-corrected chi connectivity index (χ0v) is 12.1. The molecule has 1 aliphatic carbocycles. The molecule has 0 bridgehead atoms. The summed E-state index contributed by atoms with van der Waals surface area (Å²) >= 11 is 0. The van der Waals surface area contributed by atoms with Crippen LogP contribution >= 0.6 is 0 Å². The van der Waals surface area contributed by atoms with Gasteiger partial charge in [-0.3, -0.25) is 9.59 Å². The number of fused-ring (bicyclic) bond motifs is 1. The summed E-state index contributed by atoms with van der Waals surface area (Å²) in [5.41, 5.74) is 1.32. The fourth-order valence-corrected chi connectivity index (χ4v) is 3.61. The molecule has 1 aliphatic heterocycles. The molecule has 0 spiro atoms. The van der Waals surface area contributed by atoms with E-state index < -0.39 is 0 Å². The number of nitrogens with zero attached hydrogens (tertiary/aromatic N) is 2. The van der Waals surface area contributed by atoms with Gasteiger partial charge in [-0.25, -0.2) is 5.10 Å². The molecule has 3 rings (SSSR count). The number of amides is 1. The minimum absolute atomic E-state index is 0.122. The molecule has 0 radical (unpaired) electrons. The van der Waals surface area contributed by atoms with Crippen molar-refractivity contribution in [3.63, 3.8) is 0 Å². The lowest BCUT2D eigenvalue weighted by Gasteiger charge is -2.22. The van der Waals surface area contributed by atoms with E-state index in [0.29, 0.717) is 23.1 Å². The van der Waals surface area contributed by atoms with E-state index in [1.807, 2.05) is 11.8 Å². The van der Waals surface area contributed by atoms with E-state index in [2.05, 4.69) is 10.2 Å². The van der Waals surface area contributed by atoms with Crippen molar-refractivity contribution >= 4 is 5.91 Å². The van der Waals surface area contributed by atoms with Crippen LogP contribution in [0.5, 0.6) is 0 Å². The van der Waals surface area contributed by atoms with E-state index in [-0.39, 0.29) is 17.0 Å². The van der Waals surface area contributed by atoms with Crippen LogP contribution in [0.25, 0.3) is 0 Å². The second-order valence-electron chi connectivity index (χ2n) is 6.15. The second kappa shape index (κ2) is 5.04. The first-order chi connectivity index (χ1) is 9.58. The lowest BCUT2D eigenvalue weighted by Crippen LogP contribution is -2.35. The number of hydrogen-bond donors (Lipinski definition) is 1. The number of nitrogens with one attached hydrogen (secondary N) is 1. The molecule has 108 valence electrons. The monoisotopic (exact) mass is 275 g/mol. The number of aromatic amines is 1. The highest BCUT2D eigenvalue weighted by atomic mass is 16.2. The Balaban J connectivity index is 1.87. The van der Waals surface area contributed by atoms with Crippen LogP contribution in [0.4, 0.5) is 0 Å². The summed E-state index contributed by atoms with van der Waals surface area (Å²) in [6.07, 6.45) is 4.99. The van der Waals surface area contributed by atoms with Crippen molar-refractivity contribution in [2.45, 2.75) is 39.5 Å². The molecule has 2 aliphatic rings. The summed E-state index contributed by atoms with van der Waals surface area (Å²) in [6.45, 7) is 5.23. The van der Waals surface area contributed by atoms with Crippen molar-refractivity contribution in [3.8, 4) is 0 Å². The van der Waals surface area contributed by atoms with Crippen LogP contribution in [0.2, 0.25) is 0 Å². The number of likely N-dealkylation sites (tertiary alicyclic amines) is 1. The smallest absolute Gasteiger partial charge is 0.277 e. The van der Waals surface area contributed by atoms with Gasteiger partial charge < -0.3 is 4.90 Å². The van der Waals surface area contributed by atoms with E-state index in [0.717, 1.165) is 13.1 Å². The Morgan fingerprint density at radius 1 is 1.20 bits per heavy atom. The summed E-state index contributed by atoms with van der Waals surface area (Å²) in [6, 6.07) is 0. The molecular formula is C15H21N3O2. The molecule has 2 heterocycles. The SMILES string of the molecule is Cc1n[nH]c(=O)c(C(=O)N2C[C@@H]3CCCC[C@H]3C2)c1C. The topological polar surface area (TPSA) is 66.1 Å². The number of aryl methyl sites for hydroxylation is 1.